The van der Waals surface area contributed by atoms with Crippen molar-refractivity contribution >= 4 is 12.2 Å². The van der Waals surface area contributed by atoms with Gasteiger partial charge in [0.05, 0.1) is 0 Å². The summed E-state index contributed by atoms with van der Waals surface area (Å²) in [6.07, 6.45) is 6.95. The van der Waals surface area contributed by atoms with Crippen LogP contribution < -0.4 is 0 Å². The number of hydrogen-bond donors (Lipinski definition) is 0. The van der Waals surface area contributed by atoms with Crippen molar-refractivity contribution in [2.45, 2.75) is 33.2 Å². The molecule has 0 bridgehead atoms. The summed E-state index contributed by atoms with van der Waals surface area (Å²) in [5, 5.41) is 0. The van der Waals surface area contributed by atoms with Gasteiger partial charge in [-0.3, -0.25) is 0 Å². The monoisotopic (exact) mass is 307 g/mol. The van der Waals surface area contributed by atoms with E-state index >= 15 is 0 Å². The summed E-state index contributed by atoms with van der Waals surface area (Å²) in [6, 6.07) is 19.3. The highest BCUT2D eigenvalue weighted by molar-refractivity contribution is 5.69. The summed E-state index contributed by atoms with van der Waals surface area (Å²) in [4.78, 5) is 2.42. The second kappa shape index (κ2) is 9.32. The third-order valence-corrected chi connectivity index (χ3v) is 3.99. The first-order chi connectivity index (χ1) is 11.1. The first-order valence-electron chi connectivity index (χ1n) is 8.64. The largest absolute Gasteiger partial charge is 0.302 e. The molecule has 0 aliphatic carbocycles. The number of nitrogens with zero attached hydrogens (tertiary/aromatic N) is 1. The summed E-state index contributed by atoms with van der Waals surface area (Å²) < 4.78 is 0. The molecule has 0 aliphatic heterocycles. The Balaban J connectivity index is 1.90. The summed E-state index contributed by atoms with van der Waals surface area (Å²) in [7, 11) is 2.22. The molecule has 0 aliphatic rings. The van der Waals surface area contributed by atoms with Crippen molar-refractivity contribution in [2.24, 2.45) is 5.92 Å². The standard InChI is InChI=1S/C22H29N/c1-19(2)9-8-16-23(3)18-22-13-7-12-21(17-22)15-14-20-10-5-4-6-11-20/h4-7,10-15,17,19H,8-9,16,18H2,1-3H3/b15-14+. The smallest absolute Gasteiger partial charge is 0.0230 e. The molecule has 122 valence electrons. The average Bonchev–Trinajstić information content (AvgIpc) is 2.54. The third-order valence-electron chi connectivity index (χ3n) is 3.99. The van der Waals surface area contributed by atoms with Crippen LogP contribution in [0.15, 0.2) is 54.6 Å². The fraction of sp³-hybridized carbons (Fsp3) is 0.364. The Labute approximate surface area is 141 Å². The van der Waals surface area contributed by atoms with Crippen molar-refractivity contribution in [3.63, 3.8) is 0 Å². The zero-order chi connectivity index (χ0) is 16.5. The van der Waals surface area contributed by atoms with Crippen molar-refractivity contribution in [1.82, 2.24) is 4.90 Å². The van der Waals surface area contributed by atoms with Gasteiger partial charge >= 0.3 is 0 Å². The first kappa shape index (κ1) is 17.5. The van der Waals surface area contributed by atoms with E-state index in [0.29, 0.717) is 0 Å². The molecule has 0 aromatic heterocycles. The Morgan fingerprint density at radius 1 is 0.913 bits per heavy atom. The van der Waals surface area contributed by atoms with Crippen LogP contribution in [-0.2, 0) is 6.54 Å². The lowest BCUT2D eigenvalue weighted by Crippen LogP contribution is -2.19. The molecule has 2 rings (SSSR count). The second-order valence-corrected chi connectivity index (χ2v) is 6.76. The van der Waals surface area contributed by atoms with Crippen LogP contribution in [0.1, 0.15) is 43.4 Å². The molecular weight excluding hydrogens is 278 g/mol. The predicted molar refractivity (Wildman–Crippen MR) is 102 cm³/mol. The van der Waals surface area contributed by atoms with Gasteiger partial charge < -0.3 is 4.90 Å². The fourth-order valence-corrected chi connectivity index (χ4v) is 2.71. The van der Waals surface area contributed by atoms with E-state index in [4.69, 9.17) is 0 Å². The van der Waals surface area contributed by atoms with E-state index in [-0.39, 0.29) is 0 Å². The Hall–Kier alpha value is -1.86. The van der Waals surface area contributed by atoms with Crippen LogP contribution in [-0.4, -0.2) is 18.5 Å². The fourth-order valence-electron chi connectivity index (χ4n) is 2.71. The van der Waals surface area contributed by atoms with Crippen molar-refractivity contribution < 1.29 is 0 Å². The average molecular weight is 307 g/mol. The molecule has 2 aromatic carbocycles. The van der Waals surface area contributed by atoms with Crippen LogP contribution in [0.25, 0.3) is 12.2 Å². The van der Waals surface area contributed by atoms with Gasteiger partial charge in [0.1, 0.15) is 0 Å². The van der Waals surface area contributed by atoms with Gasteiger partial charge in [-0.25, -0.2) is 0 Å². The summed E-state index contributed by atoms with van der Waals surface area (Å²) in [5.74, 6) is 0.801. The van der Waals surface area contributed by atoms with Gasteiger partial charge in [0.2, 0.25) is 0 Å². The van der Waals surface area contributed by atoms with Gasteiger partial charge in [0.25, 0.3) is 0 Å². The Bertz CT molecular complexity index is 598. The molecule has 0 saturated carbocycles. The maximum atomic E-state index is 2.42. The van der Waals surface area contributed by atoms with Gasteiger partial charge in [-0.2, -0.15) is 0 Å². The van der Waals surface area contributed by atoms with E-state index in [1.165, 1.54) is 36.1 Å². The molecule has 2 aromatic rings. The van der Waals surface area contributed by atoms with E-state index in [1.807, 2.05) is 6.07 Å². The first-order valence-corrected chi connectivity index (χ1v) is 8.64. The van der Waals surface area contributed by atoms with Crippen molar-refractivity contribution in [2.75, 3.05) is 13.6 Å². The minimum Gasteiger partial charge on any atom is -0.302 e. The molecule has 0 radical (unpaired) electrons. The van der Waals surface area contributed by atoms with E-state index in [1.54, 1.807) is 0 Å². The lowest BCUT2D eigenvalue weighted by atomic mass is 10.1. The van der Waals surface area contributed by atoms with Crippen molar-refractivity contribution in [3.8, 4) is 0 Å². The Morgan fingerprint density at radius 2 is 1.61 bits per heavy atom. The minimum atomic E-state index is 0.801. The van der Waals surface area contributed by atoms with Gasteiger partial charge in [0, 0.05) is 6.54 Å². The van der Waals surface area contributed by atoms with Gasteiger partial charge in [-0.05, 0) is 49.0 Å². The van der Waals surface area contributed by atoms with Crippen LogP contribution in [0, 0.1) is 5.92 Å². The minimum absolute atomic E-state index is 0.801. The highest BCUT2D eigenvalue weighted by Crippen LogP contribution is 2.12. The second-order valence-electron chi connectivity index (χ2n) is 6.76. The van der Waals surface area contributed by atoms with Crippen LogP contribution in [0.2, 0.25) is 0 Å². The summed E-state index contributed by atoms with van der Waals surface area (Å²) >= 11 is 0. The molecule has 0 amide bonds. The normalized spacial score (nSPS) is 11.7. The molecule has 0 fully saturated rings. The van der Waals surface area contributed by atoms with Gasteiger partial charge in [-0.1, -0.05) is 80.6 Å². The number of hydrogen-bond acceptors (Lipinski definition) is 1. The van der Waals surface area contributed by atoms with E-state index in [2.05, 4.69) is 86.5 Å². The number of benzene rings is 2. The maximum absolute atomic E-state index is 2.42. The van der Waals surface area contributed by atoms with Crippen molar-refractivity contribution in [1.29, 1.82) is 0 Å². The van der Waals surface area contributed by atoms with E-state index < -0.39 is 0 Å². The quantitative estimate of drug-likeness (QED) is 0.563. The topological polar surface area (TPSA) is 3.24 Å². The molecule has 0 unspecified atom stereocenters. The molecule has 0 N–H and O–H groups in total. The highest BCUT2D eigenvalue weighted by atomic mass is 15.1. The molecular formula is C22H29N. The van der Waals surface area contributed by atoms with Gasteiger partial charge in [-0.15, -0.1) is 0 Å². The summed E-state index contributed by atoms with van der Waals surface area (Å²) in [5.41, 5.74) is 3.89. The van der Waals surface area contributed by atoms with E-state index in [9.17, 15) is 0 Å². The lowest BCUT2D eigenvalue weighted by Gasteiger charge is -2.17. The SMILES string of the molecule is CC(C)CCCN(C)Cc1cccc(/C=C/c2ccccc2)c1. The highest BCUT2D eigenvalue weighted by Gasteiger charge is 2.02. The van der Waals surface area contributed by atoms with Crippen molar-refractivity contribution in [3.05, 3.63) is 71.3 Å². The molecule has 0 atom stereocenters. The van der Waals surface area contributed by atoms with Crippen LogP contribution in [0.4, 0.5) is 0 Å². The Kier molecular flexibility index (Phi) is 7.09. The summed E-state index contributed by atoms with van der Waals surface area (Å²) in [6.45, 7) is 6.78. The molecule has 0 heterocycles. The lowest BCUT2D eigenvalue weighted by molar-refractivity contribution is 0.310. The zero-order valence-corrected chi connectivity index (χ0v) is 14.7. The van der Waals surface area contributed by atoms with Crippen LogP contribution in [0.5, 0.6) is 0 Å². The molecule has 23 heavy (non-hydrogen) atoms. The third kappa shape index (κ3) is 6.83. The van der Waals surface area contributed by atoms with Crippen LogP contribution >= 0.6 is 0 Å². The van der Waals surface area contributed by atoms with Crippen LogP contribution in [0.3, 0.4) is 0 Å². The molecule has 1 nitrogen and oxygen atoms in total. The molecule has 0 spiro atoms. The molecule has 0 saturated heterocycles. The predicted octanol–water partition coefficient (Wildman–Crippen LogP) is 5.73. The zero-order valence-electron chi connectivity index (χ0n) is 14.7. The molecule has 1 heteroatoms. The Morgan fingerprint density at radius 3 is 2.35 bits per heavy atom. The number of rotatable bonds is 8. The maximum Gasteiger partial charge on any atom is 0.0230 e. The van der Waals surface area contributed by atoms with E-state index in [0.717, 1.165) is 12.5 Å². The van der Waals surface area contributed by atoms with Gasteiger partial charge in [0.15, 0.2) is 0 Å².